The molecule has 8 nitrogen and oxygen atoms in total. The molecule has 2 rings (SSSR count). The molecule has 0 aliphatic carbocycles. The Morgan fingerprint density at radius 1 is 1.26 bits per heavy atom. The van der Waals surface area contributed by atoms with Gasteiger partial charge in [0.15, 0.2) is 11.8 Å². The second-order valence-corrected chi connectivity index (χ2v) is 7.02. The fourth-order valence-corrected chi connectivity index (χ4v) is 3.35. The molecule has 8 heteroatoms. The number of aromatic nitrogens is 3. The number of aliphatic imine (C=N–C) groups is 1. The number of guanidine groups is 1. The van der Waals surface area contributed by atoms with Gasteiger partial charge in [-0.15, -0.1) is 10.2 Å². The van der Waals surface area contributed by atoms with Crippen LogP contribution in [0.5, 0.6) is 0 Å². The normalized spacial score (nSPS) is 18.2. The third-order valence-electron chi connectivity index (χ3n) is 5.18. The lowest BCUT2D eigenvalue weighted by molar-refractivity contribution is 0.143. The van der Waals surface area contributed by atoms with Crippen LogP contribution in [0.15, 0.2) is 4.99 Å². The first kappa shape index (κ1) is 21.6. The summed E-state index contributed by atoms with van der Waals surface area (Å²) in [4.78, 5) is 7.28. The molecule has 0 radical (unpaired) electrons. The van der Waals surface area contributed by atoms with Crippen LogP contribution in [-0.2, 0) is 18.3 Å². The van der Waals surface area contributed by atoms with Crippen molar-refractivity contribution in [2.24, 2.45) is 12.0 Å². The summed E-state index contributed by atoms with van der Waals surface area (Å²) in [7, 11) is 1.98. The molecule has 0 saturated carbocycles. The van der Waals surface area contributed by atoms with Crippen LogP contribution in [0.1, 0.15) is 51.2 Å². The number of ether oxygens (including phenoxy) is 1. The Morgan fingerprint density at radius 3 is 2.81 bits per heavy atom. The zero-order chi connectivity index (χ0) is 19.5. The van der Waals surface area contributed by atoms with Gasteiger partial charge in [0.25, 0.3) is 0 Å². The van der Waals surface area contributed by atoms with E-state index in [0.29, 0.717) is 12.6 Å². The summed E-state index contributed by atoms with van der Waals surface area (Å²) in [6, 6.07) is 0.594. The quantitative estimate of drug-likeness (QED) is 0.344. The molecule has 0 aromatic carbocycles. The first-order valence-electron chi connectivity index (χ1n) is 10.3. The van der Waals surface area contributed by atoms with Crippen molar-refractivity contribution in [3.8, 4) is 0 Å². The molecule has 0 spiro atoms. The van der Waals surface area contributed by atoms with Gasteiger partial charge in [-0.1, -0.05) is 6.92 Å². The summed E-state index contributed by atoms with van der Waals surface area (Å²) in [6.07, 6.45) is 4.66. The number of aryl methyl sites for hydroxylation is 1. The number of nitrogens with zero attached hydrogens (tertiary/aromatic N) is 5. The van der Waals surface area contributed by atoms with E-state index >= 15 is 0 Å². The van der Waals surface area contributed by atoms with Crippen molar-refractivity contribution >= 4 is 5.96 Å². The standard InChI is InChI=1S/C19H37N7O/c1-5-26-12-9-10-17(26)14-21-19(20-11-7-8-13-27-6-2)22-15-18-24-23-16(3)25(18)4/h17H,5-15H2,1-4H3,(H2,20,21,22). The van der Waals surface area contributed by atoms with E-state index in [1.807, 2.05) is 25.5 Å². The molecule has 2 N–H and O–H groups in total. The van der Waals surface area contributed by atoms with Crippen LogP contribution in [0.3, 0.4) is 0 Å². The summed E-state index contributed by atoms with van der Waals surface area (Å²) in [6.45, 7) is 12.5. The van der Waals surface area contributed by atoms with Crippen molar-refractivity contribution in [3.63, 3.8) is 0 Å². The van der Waals surface area contributed by atoms with Gasteiger partial charge < -0.3 is 19.9 Å². The van der Waals surface area contributed by atoms with E-state index in [9.17, 15) is 0 Å². The Bertz CT molecular complexity index is 572. The highest BCUT2D eigenvalue weighted by molar-refractivity contribution is 5.79. The molecule has 1 saturated heterocycles. The maximum absolute atomic E-state index is 5.40. The molecule has 154 valence electrons. The van der Waals surface area contributed by atoms with Crippen LogP contribution < -0.4 is 10.6 Å². The molecular formula is C19H37N7O. The first-order valence-corrected chi connectivity index (χ1v) is 10.3. The smallest absolute Gasteiger partial charge is 0.191 e. The minimum atomic E-state index is 0.522. The van der Waals surface area contributed by atoms with Crippen LogP contribution in [-0.4, -0.2) is 71.1 Å². The number of hydrogen-bond acceptors (Lipinski definition) is 5. The minimum Gasteiger partial charge on any atom is -0.382 e. The van der Waals surface area contributed by atoms with Gasteiger partial charge in [0, 0.05) is 39.4 Å². The molecule has 1 aromatic heterocycles. The van der Waals surface area contributed by atoms with E-state index in [0.717, 1.165) is 63.3 Å². The van der Waals surface area contributed by atoms with E-state index in [4.69, 9.17) is 9.73 Å². The minimum absolute atomic E-state index is 0.522. The van der Waals surface area contributed by atoms with Crippen molar-refractivity contribution in [3.05, 3.63) is 11.6 Å². The zero-order valence-corrected chi connectivity index (χ0v) is 17.5. The third-order valence-corrected chi connectivity index (χ3v) is 5.18. The number of nitrogens with one attached hydrogen (secondary N) is 2. The molecule has 0 bridgehead atoms. The fourth-order valence-electron chi connectivity index (χ4n) is 3.35. The van der Waals surface area contributed by atoms with E-state index in [2.05, 4.69) is 32.7 Å². The van der Waals surface area contributed by atoms with E-state index < -0.39 is 0 Å². The van der Waals surface area contributed by atoms with Gasteiger partial charge in [-0.2, -0.15) is 0 Å². The van der Waals surface area contributed by atoms with Crippen molar-refractivity contribution in [1.29, 1.82) is 0 Å². The fraction of sp³-hybridized carbons (Fsp3) is 0.842. The predicted molar refractivity (Wildman–Crippen MR) is 109 cm³/mol. The van der Waals surface area contributed by atoms with E-state index in [1.54, 1.807) is 0 Å². The van der Waals surface area contributed by atoms with E-state index in [1.165, 1.54) is 19.4 Å². The number of rotatable bonds is 11. The summed E-state index contributed by atoms with van der Waals surface area (Å²) < 4.78 is 7.39. The number of likely N-dealkylation sites (N-methyl/N-ethyl adjacent to an activating group) is 1. The molecule has 27 heavy (non-hydrogen) atoms. The Hall–Kier alpha value is -1.67. The average molecular weight is 380 g/mol. The van der Waals surface area contributed by atoms with Crippen LogP contribution in [0.25, 0.3) is 0 Å². The lowest BCUT2D eigenvalue weighted by Crippen LogP contribution is -2.45. The maximum atomic E-state index is 5.40. The van der Waals surface area contributed by atoms with Crippen molar-refractivity contribution in [2.45, 2.75) is 59.0 Å². The molecule has 1 unspecified atom stereocenters. The van der Waals surface area contributed by atoms with Crippen molar-refractivity contribution in [2.75, 3.05) is 39.4 Å². The Kier molecular flexibility index (Phi) is 9.55. The first-order chi connectivity index (χ1) is 13.2. The summed E-state index contributed by atoms with van der Waals surface area (Å²) in [5, 5.41) is 15.3. The molecule has 1 aromatic rings. The molecule has 0 amide bonds. The van der Waals surface area contributed by atoms with Crippen molar-refractivity contribution in [1.82, 2.24) is 30.3 Å². The lowest BCUT2D eigenvalue weighted by atomic mass is 10.2. The predicted octanol–water partition coefficient (Wildman–Crippen LogP) is 1.46. The van der Waals surface area contributed by atoms with E-state index in [-0.39, 0.29) is 0 Å². The van der Waals surface area contributed by atoms with Crippen molar-refractivity contribution < 1.29 is 4.74 Å². The van der Waals surface area contributed by atoms with Gasteiger partial charge in [-0.05, 0) is 52.6 Å². The molecule has 1 aliphatic rings. The lowest BCUT2D eigenvalue weighted by Gasteiger charge is -2.24. The summed E-state index contributed by atoms with van der Waals surface area (Å²) in [5.41, 5.74) is 0. The highest BCUT2D eigenvalue weighted by Crippen LogP contribution is 2.15. The Labute approximate surface area is 163 Å². The highest BCUT2D eigenvalue weighted by Gasteiger charge is 2.22. The van der Waals surface area contributed by atoms with Gasteiger partial charge in [-0.3, -0.25) is 4.90 Å². The monoisotopic (exact) mass is 379 g/mol. The van der Waals surface area contributed by atoms with Gasteiger partial charge in [-0.25, -0.2) is 4.99 Å². The maximum Gasteiger partial charge on any atom is 0.191 e. The molecule has 1 fully saturated rings. The second kappa shape index (κ2) is 11.9. The van der Waals surface area contributed by atoms with Gasteiger partial charge in [0.2, 0.25) is 0 Å². The SMILES string of the molecule is CCOCCCCNC(=NCc1nnc(C)n1C)NCC1CCCN1CC. The summed E-state index contributed by atoms with van der Waals surface area (Å²) >= 11 is 0. The molecule has 2 heterocycles. The molecular weight excluding hydrogens is 342 g/mol. The van der Waals surface area contributed by atoms with Crippen LogP contribution >= 0.6 is 0 Å². The topological polar surface area (TPSA) is 79.6 Å². The number of likely N-dealkylation sites (tertiary alicyclic amines) is 1. The second-order valence-electron chi connectivity index (χ2n) is 7.02. The van der Waals surface area contributed by atoms with Crippen LogP contribution in [0, 0.1) is 6.92 Å². The zero-order valence-electron chi connectivity index (χ0n) is 17.5. The highest BCUT2D eigenvalue weighted by atomic mass is 16.5. The van der Waals surface area contributed by atoms with Crippen LogP contribution in [0.4, 0.5) is 0 Å². The summed E-state index contributed by atoms with van der Waals surface area (Å²) in [5.74, 6) is 2.64. The Morgan fingerprint density at radius 2 is 2.11 bits per heavy atom. The van der Waals surface area contributed by atoms with Gasteiger partial charge in [0.05, 0.1) is 0 Å². The third kappa shape index (κ3) is 7.10. The molecule has 1 aliphatic heterocycles. The Balaban J connectivity index is 1.86. The number of hydrogen-bond donors (Lipinski definition) is 2. The van der Waals surface area contributed by atoms with Gasteiger partial charge in [0.1, 0.15) is 12.4 Å². The molecule has 1 atom stereocenters. The number of unbranched alkanes of at least 4 members (excludes halogenated alkanes) is 1. The van der Waals surface area contributed by atoms with Gasteiger partial charge >= 0.3 is 0 Å². The largest absolute Gasteiger partial charge is 0.382 e. The van der Waals surface area contributed by atoms with Crippen LogP contribution in [0.2, 0.25) is 0 Å². The average Bonchev–Trinajstić information content (AvgIpc) is 3.26.